The van der Waals surface area contributed by atoms with Gasteiger partial charge >= 0.3 is 0 Å². The SMILES string of the molecule is CCOc1cc(Br)c(CC(=O)N(C)CCN2CCCC2)cc1OCC. The van der Waals surface area contributed by atoms with Crippen LogP contribution in [0.5, 0.6) is 11.5 Å². The Morgan fingerprint density at radius 3 is 2.36 bits per heavy atom. The normalized spacial score (nSPS) is 14.6. The summed E-state index contributed by atoms with van der Waals surface area (Å²) in [5.74, 6) is 1.51. The van der Waals surface area contributed by atoms with Crippen LogP contribution in [0.2, 0.25) is 0 Å². The maximum Gasteiger partial charge on any atom is 0.226 e. The maximum atomic E-state index is 12.6. The molecule has 1 aromatic carbocycles. The Morgan fingerprint density at radius 2 is 1.76 bits per heavy atom. The molecule has 0 unspecified atom stereocenters. The fraction of sp³-hybridized carbons (Fsp3) is 0.632. The van der Waals surface area contributed by atoms with Crippen molar-refractivity contribution >= 4 is 21.8 Å². The van der Waals surface area contributed by atoms with Gasteiger partial charge in [-0.2, -0.15) is 0 Å². The van der Waals surface area contributed by atoms with Crippen molar-refractivity contribution in [3.8, 4) is 11.5 Å². The molecule has 0 bridgehead atoms. The lowest BCUT2D eigenvalue weighted by atomic mass is 10.1. The van der Waals surface area contributed by atoms with E-state index in [1.807, 2.05) is 37.9 Å². The van der Waals surface area contributed by atoms with E-state index in [9.17, 15) is 4.79 Å². The van der Waals surface area contributed by atoms with Gasteiger partial charge in [-0.05, 0) is 57.5 Å². The van der Waals surface area contributed by atoms with Crippen LogP contribution in [-0.4, -0.2) is 62.1 Å². The highest BCUT2D eigenvalue weighted by molar-refractivity contribution is 9.10. The number of likely N-dealkylation sites (tertiary alicyclic amines) is 1. The Kier molecular flexibility index (Phi) is 8.03. The van der Waals surface area contributed by atoms with Gasteiger partial charge in [-0.1, -0.05) is 15.9 Å². The molecule has 0 radical (unpaired) electrons. The van der Waals surface area contributed by atoms with Crippen LogP contribution in [0, 0.1) is 0 Å². The zero-order chi connectivity index (χ0) is 18.2. The van der Waals surface area contributed by atoms with Crippen molar-refractivity contribution in [3.05, 3.63) is 22.2 Å². The first-order chi connectivity index (χ1) is 12.0. The van der Waals surface area contributed by atoms with E-state index in [1.165, 1.54) is 12.8 Å². The van der Waals surface area contributed by atoms with Crippen molar-refractivity contribution in [2.75, 3.05) is 46.4 Å². The van der Waals surface area contributed by atoms with Gasteiger partial charge in [-0.15, -0.1) is 0 Å². The number of carbonyl (C=O) groups is 1. The highest BCUT2D eigenvalue weighted by Gasteiger charge is 2.17. The lowest BCUT2D eigenvalue weighted by Gasteiger charge is -2.22. The van der Waals surface area contributed by atoms with Gasteiger partial charge < -0.3 is 19.3 Å². The van der Waals surface area contributed by atoms with Gasteiger partial charge in [0.25, 0.3) is 0 Å². The molecule has 1 aliphatic heterocycles. The lowest BCUT2D eigenvalue weighted by Crippen LogP contribution is -2.36. The summed E-state index contributed by atoms with van der Waals surface area (Å²) in [6.45, 7) is 9.05. The monoisotopic (exact) mass is 412 g/mol. The summed E-state index contributed by atoms with van der Waals surface area (Å²) in [5.41, 5.74) is 0.921. The molecule has 5 nitrogen and oxygen atoms in total. The predicted octanol–water partition coefficient (Wildman–Crippen LogP) is 3.34. The number of nitrogens with zero attached hydrogens (tertiary/aromatic N) is 2. The molecular weight excluding hydrogens is 384 g/mol. The molecule has 6 heteroatoms. The van der Waals surface area contributed by atoms with E-state index in [2.05, 4.69) is 20.8 Å². The first kappa shape index (κ1) is 20.0. The molecule has 1 aromatic rings. The molecule has 2 rings (SSSR count). The van der Waals surface area contributed by atoms with Gasteiger partial charge in [0.05, 0.1) is 19.6 Å². The van der Waals surface area contributed by atoms with Crippen LogP contribution in [0.15, 0.2) is 16.6 Å². The highest BCUT2D eigenvalue weighted by Crippen LogP contribution is 2.34. The quantitative estimate of drug-likeness (QED) is 0.623. The van der Waals surface area contributed by atoms with Crippen molar-refractivity contribution in [2.24, 2.45) is 0 Å². The van der Waals surface area contributed by atoms with Gasteiger partial charge in [-0.3, -0.25) is 4.79 Å². The molecule has 0 atom stereocenters. The van der Waals surface area contributed by atoms with Gasteiger partial charge in [0.2, 0.25) is 5.91 Å². The Morgan fingerprint density at radius 1 is 1.16 bits per heavy atom. The fourth-order valence-corrected chi connectivity index (χ4v) is 3.43. The summed E-state index contributed by atoms with van der Waals surface area (Å²) in [6, 6.07) is 3.80. The largest absolute Gasteiger partial charge is 0.490 e. The average Bonchev–Trinajstić information content (AvgIpc) is 3.10. The standard InChI is InChI=1S/C19H29BrN2O3/c1-4-24-17-12-15(16(20)14-18(17)25-5-2)13-19(23)21(3)10-11-22-8-6-7-9-22/h12,14H,4-11,13H2,1-3H3. The summed E-state index contributed by atoms with van der Waals surface area (Å²) in [4.78, 5) is 16.8. The summed E-state index contributed by atoms with van der Waals surface area (Å²) in [5, 5.41) is 0. The molecule has 0 N–H and O–H groups in total. The number of amides is 1. The van der Waals surface area contributed by atoms with Crippen LogP contribution in [-0.2, 0) is 11.2 Å². The third kappa shape index (κ3) is 5.89. The van der Waals surface area contributed by atoms with Gasteiger partial charge in [0.15, 0.2) is 11.5 Å². The molecule has 0 aliphatic carbocycles. The molecular formula is C19H29BrN2O3. The zero-order valence-corrected chi connectivity index (χ0v) is 17.1. The second-order valence-electron chi connectivity index (χ2n) is 6.30. The van der Waals surface area contributed by atoms with E-state index in [0.29, 0.717) is 31.1 Å². The van der Waals surface area contributed by atoms with E-state index in [0.717, 1.165) is 36.2 Å². The van der Waals surface area contributed by atoms with E-state index in [-0.39, 0.29) is 5.91 Å². The minimum atomic E-state index is 0.117. The molecule has 0 aromatic heterocycles. The molecule has 1 fully saturated rings. The minimum Gasteiger partial charge on any atom is -0.490 e. The van der Waals surface area contributed by atoms with Crippen LogP contribution < -0.4 is 9.47 Å². The second kappa shape index (κ2) is 10.0. The topological polar surface area (TPSA) is 42.0 Å². The highest BCUT2D eigenvalue weighted by atomic mass is 79.9. The van der Waals surface area contributed by atoms with Crippen LogP contribution in [0.3, 0.4) is 0 Å². The Hall–Kier alpha value is -1.27. The number of halogens is 1. The van der Waals surface area contributed by atoms with Crippen molar-refractivity contribution in [3.63, 3.8) is 0 Å². The Balaban J connectivity index is 1.99. The molecule has 1 saturated heterocycles. The zero-order valence-electron chi connectivity index (χ0n) is 15.5. The molecule has 0 saturated carbocycles. The molecule has 25 heavy (non-hydrogen) atoms. The van der Waals surface area contributed by atoms with Gasteiger partial charge in [0.1, 0.15) is 0 Å². The smallest absolute Gasteiger partial charge is 0.226 e. The van der Waals surface area contributed by atoms with E-state index < -0.39 is 0 Å². The first-order valence-corrected chi connectivity index (χ1v) is 9.88. The number of ether oxygens (including phenoxy) is 2. The third-order valence-electron chi connectivity index (χ3n) is 4.43. The summed E-state index contributed by atoms with van der Waals surface area (Å²) < 4.78 is 12.2. The maximum absolute atomic E-state index is 12.6. The number of benzene rings is 1. The van der Waals surface area contributed by atoms with Crippen molar-refractivity contribution < 1.29 is 14.3 Å². The summed E-state index contributed by atoms with van der Waals surface area (Å²) in [6.07, 6.45) is 2.90. The fourth-order valence-electron chi connectivity index (χ4n) is 2.97. The van der Waals surface area contributed by atoms with Crippen molar-refractivity contribution in [1.29, 1.82) is 0 Å². The van der Waals surface area contributed by atoms with Crippen molar-refractivity contribution in [1.82, 2.24) is 9.80 Å². The lowest BCUT2D eigenvalue weighted by molar-refractivity contribution is -0.129. The van der Waals surface area contributed by atoms with Crippen LogP contribution in [0.1, 0.15) is 32.3 Å². The van der Waals surface area contributed by atoms with Gasteiger partial charge in [-0.25, -0.2) is 0 Å². The molecule has 1 amide bonds. The molecule has 1 aliphatic rings. The number of hydrogen-bond donors (Lipinski definition) is 0. The number of likely N-dealkylation sites (N-methyl/N-ethyl adjacent to an activating group) is 1. The number of carbonyl (C=O) groups excluding carboxylic acids is 1. The average molecular weight is 413 g/mol. The third-order valence-corrected chi connectivity index (χ3v) is 5.17. The van der Waals surface area contributed by atoms with E-state index >= 15 is 0 Å². The number of hydrogen-bond acceptors (Lipinski definition) is 4. The molecule has 0 spiro atoms. The van der Waals surface area contributed by atoms with Crippen LogP contribution in [0.25, 0.3) is 0 Å². The van der Waals surface area contributed by atoms with Crippen LogP contribution in [0.4, 0.5) is 0 Å². The Bertz CT molecular complexity index is 574. The van der Waals surface area contributed by atoms with E-state index in [1.54, 1.807) is 0 Å². The summed E-state index contributed by atoms with van der Waals surface area (Å²) >= 11 is 3.56. The number of rotatable bonds is 9. The Labute approximate surface area is 159 Å². The van der Waals surface area contributed by atoms with E-state index in [4.69, 9.17) is 9.47 Å². The molecule has 1 heterocycles. The summed E-state index contributed by atoms with van der Waals surface area (Å²) in [7, 11) is 1.88. The predicted molar refractivity (Wildman–Crippen MR) is 103 cm³/mol. The second-order valence-corrected chi connectivity index (χ2v) is 7.15. The minimum absolute atomic E-state index is 0.117. The first-order valence-electron chi connectivity index (χ1n) is 9.09. The van der Waals surface area contributed by atoms with Gasteiger partial charge in [0, 0.05) is 24.6 Å². The van der Waals surface area contributed by atoms with Crippen LogP contribution >= 0.6 is 15.9 Å². The van der Waals surface area contributed by atoms with Crippen molar-refractivity contribution in [2.45, 2.75) is 33.1 Å². The molecule has 140 valence electrons.